The minimum atomic E-state index is -4.64. The number of nitrogens with two attached hydrogens (primary N) is 1. The van der Waals surface area contributed by atoms with Crippen LogP contribution < -0.4 is 5.73 Å². The number of ether oxygens (including phenoxy) is 1. The first-order chi connectivity index (χ1) is 10.3. The van der Waals surface area contributed by atoms with E-state index in [2.05, 4.69) is 15.0 Å². The number of nitrogen functional groups attached to an aromatic ring is 1. The molecule has 0 aliphatic carbocycles. The Bertz CT molecular complexity index is 679. The summed E-state index contributed by atoms with van der Waals surface area (Å²) in [5.74, 6) is 0.366. The molecule has 0 amide bonds. The predicted molar refractivity (Wildman–Crippen MR) is 74.2 cm³/mol. The predicted octanol–water partition coefficient (Wildman–Crippen LogP) is -0.850. The number of aliphatic hydroxyl groups excluding tert-OH is 1. The van der Waals surface area contributed by atoms with Gasteiger partial charge in [0.15, 0.2) is 11.5 Å². The smallest absolute Gasteiger partial charge is 0.394 e. The van der Waals surface area contributed by atoms with Crippen LogP contribution in [0.25, 0.3) is 11.2 Å². The minimum Gasteiger partial charge on any atom is -0.394 e. The van der Waals surface area contributed by atoms with Crippen molar-refractivity contribution in [2.24, 2.45) is 0 Å². The quantitative estimate of drug-likeness (QED) is 0.435. The van der Waals surface area contributed by atoms with E-state index in [9.17, 15) is 0 Å². The second-order valence-corrected chi connectivity index (χ2v) is 5.60. The first-order valence-corrected chi connectivity index (χ1v) is 7.83. The first-order valence-electron chi connectivity index (χ1n) is 6.27. The van der Waals surface area contributed by atoms with Gasteiger partial charge in [0.05, 0.1) is 19.0 Å². The van der Waals surface area contributed by atoms with Crippen molar-refractivity contribution in [3.05, 3.63) is 12.7 Å². The van der Waals surface area contributed by atoms with Crippen LogP contribution in [0.15, 0.2) is 12.7 Å². The van der Waals surface area contributed by atoms with Crippen molar-refractivity contribution >= 4 is 24.8 Å². The van der Waals surface area contributed by atoms with Crippen molar-refractivity contribution in [2.45, 2.75) is 25.2 Å². The van der Waals surface area contributed by atoms with Gasteiger partial charge in [-0.1, -0.05) is 0 Å². The van der Waals surface area contributed by atoms with Crippen LogP contribution in [0.4, 0.5) is 5.82 Å². The third-order valence-corrected chi connectivity index (χ3v) is 2.99. The van der Waals surface area contributed by atoms with Gasteiger partial charge in [0.1, 0.15) is 18.1 Å². The van der Waals surface area contributed by atoms with Crippen LogP contribution in [-0.4, -0.2) is 52.0 Å². The van der Waals surface area contributed by atoms with E-state index in [0.717, 1.165) is 12.8 Å². The number of hydrogen-bond donors (Lipinski definition) is 5. The molecule has 122 valence electrons. The van der Waals surface area contributed by atoms with Crippen LogP contribution in [-0.2, 0) is 9.30 Å². The van der Waals surface area contributed by atoms with Gasteiger partial charge in [-0.3, -0.25) is 4.57 Å². The number of imidazole rings is 1. The molecule has 1 aliphatic rings. The van der Waals surface area contributed by atoms with E-state index in [1.807, 2.05) is 4.57 Å². The van der Waals surface area contributed by atoms with Crippen LogP contribution in [0, 0.1) is 0 Å². The van der Waals surface area contributed by atoms with E-state index in [-0.39, 0.29) is 18.9 Å². The van der Waals surface area contributed by atoms with Crippen LogP contribution in [0.5, 0.6) is 0 Å². The zero-order valence-electron chi connectivity index (χ0n) is 11.3. The molecule has 3 heterocycles. The number of anilines is 1. The van der Waals surface area contributed by atoms with Gasteiger partial charge in [-0.2, -0.15) is 0 Å². The van der Waals surface area contributed by atoms with E-state index in [1.54, 1.807) is 6.33 Å². The van der Waals surface area contributed by atoms with Crippen LogP contribution >= 0.6 is 7.82 Å². The zero-order valence-corrected chi connectivity index (χ0v) is 12.2. The average molecular weight is 333 g/mol. The van der Waals surface area contributed by atoms with Crippen molar-refractivity contribution in [2.75, 3.05) is 12.3 Å². The fraction of sp³-hybridized carbons (Fsp3) is 0.500. The summed E-state index contributed by atoms with van der Waals surface area (Å²) in [6, 6.07) is 0. The van der Waals surface area contributed by atoms with Crippen molar-refractivity contribution < 1.29 is 29.1 Å². The van der Waals surface area contributed by atoms with Gasteiger partial charge in [0, 0.05) is 0 Å². The van der Waals surface area contributed by atoms with E-state index >= 15 is 0 Å². The Hall–Kier alpha value is -1.62. The van der Waals surface area contributed by atoms with Crippen molar-refractivity contribution in [3.63, 3.8) is 0 Å². The highest BCUT2D eigenvalue weighted by Gasteiger charge is 2.27. The molecular formula is C10H16N5O6P. The Kier molecular flexibility index (Phi) is 5.06. The van der Waals surface area contributed by atoms with Crippen molar-refractivity contribution in [1.29, 1.82) is 0 Å². The zero-order chi connectivity index (χ0) is 16.3. The van der Waals surface area contributed by atoms with Gasteiger partial charge in [-0.25, -0.2) is 19.5 Å². The standard InChI is InChI=1S/C10H13N5O2.H3O4P/c11-9-8-10(13-4-12-9)15(5-14-8)7-2-1-6(3-16)17-7;1-5(2,3)4/h4-7,16H,1-3H2,(H2,11,12,13);(H3,1,2,3,4)/t6-,7+;/m0./s1. The summed E-state index contributed by atoms with van der Waals surface area (Å²) in [7, 11) is -4.64. The molecule has 0 unspecified atom stereocenters. The molecule has 2 aromatic heterocycles. The molecule has 2 atom stereocenters. The lowest BCUT2D eigenvalue weighted by molar-refractivity contribution is -0.0207. The van der Waals surface area contributed by atoms with E-state index < -0.39 is 7.82 Å². The number of fused-ring (bicyclic) bond motifs is 1. The molecule has 0 radical (unpaired) electrons. The molecule has 12 heteroatoms. The maximum absolute atomic E-state index is 9.04. The van der Waals surface area contributed by atoms with Gasteiger partial charge < -0.3 is 30.3 Å². The molecule has 2 aromatic rings. The van der Waals surface area contributed by atoms with Gasteiger partial charge in [-0.15, -0.1) is 0 Å². The highest BCUT2D eigenvalue weighted by Crippen LogP contribution is 2.30. The molecule has 0 saturated carbocycles. The molecule has 1 aliphatic heterocycles. The Morgan fingerprint density at radius 2 is 2.00 bits per heavy atom. The number of phosphoric acid groups is 1. The summed E-state index contributed by atoms with van der Waals surface area (Å²) in [5, 5.41) is 9.04. The normalized spacial score (nSPS) is 21.6. The molecule has 0 spiro atoms. The molecule has 3 rings (SSSR count). The van der Waals surface area contributed by atoms with Gasteiger partial charge in [0.2, 0.25) is 0 Å². The second-order valence-electron chi connectivity index (χ2n) is 4.57. The summed E-state index contributed by atoms with van der Waals surface area (Å²) in [5.41, 5.74) is 6.97. The van der Waals surface area contributed by atoms with E-state index in [4.69, 9.17) is 34.8 Å². The Morgan fingerprint density at radius 1 is 1.32 bits per heavy atom. The summed E-state index contributed by atoms with van der Waals surface area (Å²) >= 11 is 0. The summed E-state index contributed by atoms with van der Waals surface area (Å²) < 4.78 is 16.4. The summed E-state index contributed by atoms with van der Waals surface area (Å²) in [6.45, 7) is 0.0419. The largest absolute Gasteiger partial charge is 0.466 e. The number of aliphatic hydroxyl groups is 1. The lowest BCUT2D eigenvalue weighted by Gasteiger charge is -2.13. The van der Waals surface area contributed by atoms with Gasteiger partial charge >= 0.3 is 7.82 Å². The minimum absolute atomic E-state index is 0.0419. The third kappa shape index (κ3) is 4.19. The molecule has 1 saturated heterocycles. The van der Waals surface area contributed by atoms with Gasteiger partial charge in [-0.05, 0) is 12.8 Å². The Labute approximate surface area is 124 Å². The fourth-order valence-corrected chi connectivity index (χ4v) is 2.11. The van der Waals surface area contributed by atoms with Crippen molar-refractivity contribution in [3.8, 4) is 0 Å². The maximum Gasteiger partial charge on any atom is 0.466 e. The Balaban J connectivity index is 0.000000309. The maximum atomic E-state index is 9.04. The van der Waals surface area contributed by atoms with Crippen LogP contribution in [0.1, 0.15) is 19.1 Å². The molecule has 0 aromatic carbocycles. The molecule has 1 fully saturated rings. The number of rotatable bonds is 2. The second kappa shape index (κ2) is 6.65. The summed E-state index contributed by atoms with van der Waals surface area (Å²) in [6.07, 6.45) is 4.50. The third-order valence-electron chi connectivity index (χ3n) is 2.99. The molecule has 11 nitrogen and oxygen atoms in total. The number of nitrogens with zero attached hydrogens (tertiary/aromatic N) is 4. The lowest BCUT2D eigenvalue weighted by atomic mass is 10.2. The topological polar surface area (TPSA) is 177 Å². The molecular weight excluding hydrogens is 317 g/mol. The van der Waals surface area contributed by atoms with E-state index in [1.165, 1.54) is 6.33 Å². The highest BCUT2D eigenvalue weighted by atomic mass is 31.2. The van der Waals surface area contributed by atoms with Crippen LogP contribution in [0.3, 0.4) is 0 Å². The summed E-state index contributed by atoms with van der Waals surface area (Å²) in [4.78, 5) is 33.8. The highest BCUT2D eigenvalue weighted by molar-refractivity contribution is 7.45. The SMILES string of the molecule is Nc1ncnc2c1ncn2[C@H]1CC[C@@H](CO)O1.O=P(O)(O)O. The molecule has 0 bridgehead atoms. The molecule has 6 N–H and O–H groups in total. The monoisotopic (exact) mass is 333 g/mol. The van der Waals surface area contributed by atoms with Crippen molar-refractivity contribution in [1.82, 2.24) is 19.5 Å². The van der Waals surface area contributed by atoms with Crippen LogP contribution in [0.2, 0.25) is 0 Å². The first kappa shape index (κ1) is 16.7. The lowest BCUT2D eigenvalue weighted by Crippen LogP contribution is -2.14. The van der Waals surface area contributed by atoms with E-state index in [0.29, 0.717) is 17.0 Å². The fourth-order valence-electron chi connectivity index (χ4n) is 2.11. The Morgan fingerprint density at radius 3 is 2.59 bits per heavy atom. The van der Waals surface area contributed by atoms with Gasteiger partial charge in [0.25, 0.3) is 0 Å². The number of aromatic nitrogens is 4. The molecule has 22 heavy (non-hydrogen) atoms. The number of hydrogen-bond acceptors (Lipinski definition) is 7. The average Bonchev–Trinajstić information content (AvgIpc) is 3.02.